The standard InChI is InChI=1S/C12H16BN3O2/c1-11(2)12(3,4)18-13(17-11)9-8-5-6-14-10(8)16-7-15-9/h5-7H,1-4H3,(H,14,15,16). The summed E-state index contributed by atoms with van der Waals surface area (Å²) in [6.07, 6.45) is 3.37. The molecule has 0 aromatic carbocycles. The number of fused-ring (bicyclic) bond motifs is 1. The summed E-state index contributed by atoms with van der Waals surface area (Å²) in [7, 11) is -0.448. The molecule has 3 heterocycles. The molecular weight excluding hydrogens is 229 g/mol. The molecule has 0 amide bonds. The van der Waals surface area contributed by atoms with Crippen molar-refractivity contribution in [3.05, 3.63) is 18.6 Å². The van der Waals surface area contributed by atoms with Crippen molar-refractivity contribution in [3.63, 3.8) is 0 Å². The zero-order valence-electron chi connectivity index (χ0n) is 11.0. The van der Waals surface area contributed by atoms with Crippen LogP contribution < -0.4 is 5.59 Å². The van der Waals surface area contributed by atoms with E-state index in [1.54, 1.807) is 0 Å². The molecule has 0 atom stereocenters. The summed E-state index contributed by atoms with van der Waals surface area (Å²) in [6.45, 7) is 8.12. The second kappa shape index (κ2) is 3.55. The number of aromatic amines is 1. The number of nitrogens with zero attached hydrogens (tertiary/aromatic N) is 2. The van der Waals surface area contributed by atoms with Gasteiger partial charge in [0.1, 0.15) is 12.0 Å². The Hall–Kier alpha value is -1.40. The van der Waals surface area contributed by atoms with Crippen molar-refractivity contribution >= 4 is 23.7 Å². The Balaban J connectivity index is 2.05. The first-order chi connectivity index (χ1) is 8.41. The SMILES string of the molecule is CC1(C)OB(c2ncnc3[nH]ccc23)OC1(C)C. The minimum Gasteiger partial charge on any atom is -0.398 e. The van der Waals surface area contributed by atoms with E-state index in [2.05, 4.69) is 15.0 Å². The Labute approximate surface area is 106 Å². The smallest absolute Gasteiger partial charge is 0.398 e. The molecule has 1 aliphatic heterocycles. The second-order valence-electron chi connectivity index (χ2n) is 5.59. The first-order valence-electron chi connectivity index (χ1n) is 6.04. The molecule has 0 aliphatic carbocycles. The minimum atomic E-state index is -0.448. The number of hydrogen-bond acceptors (Lipinski definition) is 4. The fourth-order valence-electron chi connectivity index (χ4n) is 2.03. The molecule has 94 valence electrons. The fraction of sp³-hybridized carbons (Fsp3) is 0.500. The maximum atomic E-state index is 6.00. The predicted molar refractivity (Wildman–Crippen MR) is 69.6 cm³/mol. The highest BCUT2D eigenvalue weighted by Gasteiger charge is 2.52. The van der Waals surface area contributed by atoms with Gasteiger partial charge in [0.25, 0.3) is 0 Å². The van der Waals surface area contributed by atoms with Crippen molar-refractivity contribution in [2.75, 3.05) is 0 Å². The lowest BCUT2D eigenvalue weighted by atomic mass is 9.82. The molecule has 0 saturated carbocycles. The van der Waals surface area contributed by atoms with Crippen LogP contribution in [0, 0.1) is 0 Å². The monoisotopic (exact) mass is 245 g/mol. The van der Waals surface area contributed by atoms with Crippen LogP contribution in [0.2, 0.25) is 0 Å². The highest BCUT2D eigenvalue weighted by Crippen LogP contribution is 2.36. The molecule has 6 heteroatoms. The molecule has 1 saturated heterocycles. The van der Waals surface area contributed by atoms with Crippen molar-refractivity contribution in [1.82, 2.24) is 15.0 Å². The molecule has 0 spiro atoms. The van der Waals surface area contributed by atoms with Crippen molar-refractivity contribution in [1.29, 1.82) is 0 Å². The first-order valence-corrected chi connectivity index (χ1v) is 6.04. The van der Waals surface area contributed by atoms with Crippen LogP contribution >= 0.6 is 0 Å². The number of rotatable bonds is 1. The third kappa shape index (κ3) is 1.56. The lowest BCUT2D eigenvalue weighted by Gasteiger charge is -2.32. The average Bonchev–Trinajstić information content (AvgIpc) is 2.81. The van der Waals surface area contributed by atoms with Gasteiger partial charge in [-0.3, -0.25) is 0 Å². The largest absolute Gasteiger partial charge is 0.515 e. The van der Waals surface area contributed by atoms with Crippen LogP contribution in [0.15, 0.2) is 18.6 Å². The molecule has 0 radical (unpaired) electrons. The zero-order chi connectivity index (χ0) is 13.0. The predicted octanol–water partition coefficient (Wildman–Crippen LogP) is 1.26. The van der Waals surface area contributed by atoms with Gasteiger partial charge >= 0.3 is 7.12 Å². The Morgan fingerprint density at radius 1 is 1.11 bits per heavy atom. The minimum absolute atomic E-state index is 0.356. The lowest BCUT2D eigenvalue weighted by molar-refractivity contribution is 0.00578. The Kier molecular flexibility index (Phi) is 2.31. The van der Waals surface area contributed by atoms with Crippen LogP contribution in [0.25, 0.3) is 11.0 Å². The van der Waals surface area contributed by atoms with Gasteiger partial charge in [0.2, 0.25) is 0 Å². The molecule has 1 aliphatic rings. The normalized spacial score (nSPS) is 21.7. The third-order valence-corrected chi connectivity index (χ3v) is 3.86. The van der Waals surface area contributed by atoms with Crippen LogP contribution in [0.1, 0.15) is 27.7 Å². The summed E-state index contributed by atoms with van der Waals surface area (Å²) < 4.78 is 12.0. The Morgan fingerprint density at radius 3 is 2.44 bits per heavy atom. The Bertz CT molecular complexity index is 578. The summed E-state index contributed by atoms with van der Waals surface area (Å²) in [5.41, 5.74) is 0.867. The molecule has 5 nitrogen and oxygen atoms in total. The van der Waals surface area contributed by atoms with Crippen LogP contribution in [0.5, 0.6) is 0 Å². The van der Waals surface area contributed by atoms with E-state index >= 15 is 0 Å². The third-order valence-electron chi connectivity index (χ3n) is 3.86. The Morgan fingerprint density at radius 2 is 1.78 bits per heavy atom. The van der Waals surface area contributed by atoms with Gasteiger partial charge in [-0.05, 0) is 33.8 Å². The second-order valence-corrected chi connectivity index (χ2v) is 5.59. The molecule has 0 bridgehead atoms. The van der Waals surface area contributed by atoms with E-state index in [-0.39, 0.29) is 11.2 Å². The number of nitrogens with one attached hydrogen (secondary N) is 1. The topological polar surface area (TPSA) is 60.0 Å². The van der Waals surface area contributed by atoms with Gasteiger partial charge in [-0.1, -0.05) is 0 Å². The molecule has 2 aromatic heterocycles. The summed E-state index contributed by atoms with van der Waals surface area (Å²) in [6, 6.07) is 1.94. The number of aromatic nitrogens is 3. The van der Waals surface area contributed by atoms with Crippen molar-refractivity contribution in [2.24, 2.45) is 0 Å². The van der Waals surface area contributed by atoms with Crippen LogP contribution in [0.3, 0.4) is 0 Å². The molecule has 1 N–H and O–H groups in total. The zero-order valence-corrected chi connectivity index (χ0v) is 11.0. The summed E-state index contributed by atoms with van der Waals surface area (Å²) in [5, 5.41) is 0.941. The maximum absolute atomic E-state index is 6.00. The highest BCUT2D eigenvalue weighted by atomic mass is 16.7. The molecule has 18 heavy (non-hydrogen) atoms. The molecular formula is C12H16BN3O2. The number of hydrogen-bond donors (Lipinski definition) is 1. The van der Waals surface area contributed by atoms with Crippen LogP contribution in [0.4, 0.5) is 0 Å². The van der Waals surface area contributed by atoms with Gasteiger partial charge in [0.15, 0.2) is 0 Å². The summed E-state index contributed by atoms with van der Waals surface area (Å²) in [4.78, 5) is 11.5. The molecule has 2 aromatic rings. The van der Waals surface area contributed by atoms with Crippen LogP contribution in [-0.2, 0) is 9.31 Å². The van der Waals surface area contributed by atoms with Gasteiger partial charge in [-0.25, -0.2) is 9.97 Å². The van der Waals surface area contributed by atoms with E-state index < -0.39 is 7.12 Å². The lowest BCUT2D eigenvalue weighted by Crippen LogP contribution is -2.41. The van der Waals surface area contributed by atoms with E-state index in [1.165, 1.54) is 6.33 Å². The van der Waals surface area contributed by atoms with E-state index in [4.69, 9.17) is 9.31 Å². The van der Waals surface area contributed by atoms with E-state index in [0.717, 1.165) is 16.6 Å². The van der Waals surface area contributed by atoms with Crippen LogP contribution in [-0.4, -0.2) is 33.3 Å². The average molecular weight is 245 g/mol. The maximum Gasteiger partial charge on any atom is 0.515 e. The molecule has 0 unspecified atom stereocenters. The van der Waals surface area contributed by atoms with Gasteiger partial charge in [-0.15, -0.1) is 0 Å². The molecule has 1 fully saturated rings. The van der Waals surface area contributed by atoms with Gasteiger partial charge in [0.05, 0.1) is 16.8 Å². The van der Waals surface area contributed by atoms with Gasteiger partial charge in [0, 0.05) is 11.6 Å². The summed E-state index contributed by atoms with van der Waals surface area (Å²) >= 11 is 0. The van der Waals surface area contributed by atoms with E-state index in [0.29, 0.717) is 0 Å². The van der Waals surface area contributed by atoms with E-state index in [1.807, 2.05) is 40.0 Å². The summed E-state index contributed by atoms with van der Waals surface area (Å²) in [5.74, 6) is 0. The van der Waals surface area contributed by atoms with Gasteiger partial charge in [-0.2, -0.15) is 0 Å². The quantitative estimate of drug-likeness (QED) is 0.768. The van der Waals surface area contributed by atoms with Crippen molar-refractivity contribution in [2.45, 2.75) is 38.9 Å². The molecule has 3 rings (SSSR count). The fourth-order valence-corrected chi connectivity index (χ4v) is 2.03. The highest BCUT2D eigenvalue weighted by molar-refractivity contribution is 6.64. The van der Waals surface area contributed by atoms with E-state index in [9.17, 15) is 0 Å². The number of H-pyrrole nitrogens is 1. The van der Waals surface area contributed by atoms with Crippen molar-refractivity contribution < 1.29 is 9.31 Å². The first kappa shape index (κ1) is 11.7. The van der Waals surface area contributed by atoms with Crippen molar-refractivity contribution in [3.8, 4) is 0 Å². The van der Waals surface area contributed by atoms with Gasteiger partial charge < -0.3 is 14.3 Å².